The molecule has 0 heterocycles. The molecule has 0 bridgehead atoms. The van der Waals surface area contributed by atoms with Gasteiger partial charge in [-0.1, -0.05) is 27.2 Å². The van der Waals surface area contributed by atoms with E-state index in [4.69, 9.17) is 0 Å². The Hall–Kier alpha value is -0.0400. The molecule has 1 aliphatic rings. The van der Waals surface area contributed by atoms with Crippen molar-refractivity contribution in [2.24, 2.45) is 5.41 Å². The third-order valence-corrected chi connectivity index (χ3v) is 3.36. The van der Waals surface area contributed by atoms with Crippen LogP contribution >= 0.6 is 0 Å². The Morgan fingerprint density at radius 2 is 2.17 bits per heavy atom. The van der Waals surface area contributed by atoms with Crippen LogP contribution in [0.25, 0.3) is 0 Å². The van der Waals surface area contributed by atoms with Crippen LogP contribution in [0.4, 0.5) is 0 Å². The number of hydrogen-bond acceptors (Lipinski definition) is 1. The third-order valence-electron chi connectivity index (χ3n) is 3.36. The van der Waals surface area contributed by atoms with E-state index in [2.05, 4.69) is 33.0 Å². The van der Waals surface area contributed by atoms with Gasteiger partial charge in [0, 0.05) is 12.1 Å². The molecule has 2 atom stereocenters. The zero-order chi connectivity index (χ0) is 9.19. The van der Waals surface area contributed by atoms with E-state index in [0.29, 0.717) is 11.5 Å². The number of hydrogen-bond donors (Lipinski definition) is 1. The van der Waals surface area contributed by atoms with Gasteiger partial charge in [0.2, 0.25) is 0 Å². The molecule has 0 saturated heterocycles. The maximum absolute atomic E-state index is 3.72. The van der Waals surface area contributed by atoms with E-state index in [-0.39, 0.29) is 0 Å². The van der Waals surface area contributed by atoms with Gasteiger partial charge in [0.1, 0.15) is 0 Å². The molecule has 1 saturated carbocycles. The molecule has 72 valence electrons. The summed E-state index contributed by atoms with van der Waals surface area (Å²) < 4.78 is 0. The first-order valence-electron chi connectivity index (χ1n) is 5.32. The van der Waals surface area contributed by atoms with E-state index in [1.807, 2.05) is 0 Å². The van der Waals surface area contributed by atoms with E-state index in [9.17, 15) is 0 Å². The minimum absolute atomic E-state index is 0.531. The van der Waals surface area contributed by atoms with E-state index in [1.54, 1.807) is 0 Å². The first-order valence-corrected chi connectivity index (χ1v) is 5.32. The Kier molecular flexibility index (Phi) is 3.16. The lowest BCUT2D eigenvalue weighted by atomic mass is 9.87. The topological polar surface area (TPSA) is 12.0 Å². The SMILES string of the molecule is CCC(C)NC1CCCC1(C)C. The summed E-state index contributed by atoms with van der Waals surface area (Å²) in [5, 5.41) is 3.72. The molecule has 1 rings (SSSR count). The molecule has 0 spiro atoms. The molecule has 1 N–H and O–H groups in total. The maximum atomic E-state index is 3.72. The van der Waals surface area contributed by atoms with Crippen molar-refractivity contribution in [1.82, 2.24) is 5.32 Å². The van der Waals surface area contributed by atoms with Crippen LogP contribution in [-0.4, -0.2) is 12.1 Å². The standard InChI is InChI=1S/C11H23N/c1-5-9(2)12-10-7-6-8-11(10,3)4/h9-10,12H,5-8H2,1-4H3. The molecule has 1 nitrogen and oxygen atoms in total. The zero-order valence-electron chi connectivity index (χ0n) is 8.98. The molecule has 1 heteroatoms. The largest absolute Gasteiger partial charge is 0.311 e. The third kappa shape index (κ3) is 2.22. The van der Waals surface area contributed by atoms with Crippen molar-refractivity contribution >= 4 is 0 Å². The summed E-state index contributed by atoms with van der Waals surface area (Å²) in [6, 6.07) is 1.44. The van der Waals surface area contributed by atoms with Gasteiger partial charge in [-0.25, -0.2) is 0 Å². The fraction of sp³-hybridized carbons (Fsp3) is 1.00. The van der Waals surface area contributed by atoms with Crippen molar-refractivity contribution in [2.45, 2.75) is 65.5 Å². The molecule has 0 aromatic carbocycles. The lowest BCUT2D eigenvalue weighted by molar-refractivity contribution is 0.263. The second-order valence-corrected chi connectivity index (χ2v) is 4.91. The van der Waals surface area contributed by atoms with Crippen molar-refractivity contribution < 1.29 is 0 Å². The van der Waals surface area contributed by atoms with Crippen LogP contribution < -0.4 is 5.32 Å². The predicted molar refractivity (Wildman–Crippen MR) is 54.3 cm³/mol. The van der Waals surface area contributed by atoms with Crippen molar-refractivity contribution in [3.63, 3.8) is 0 Å². The summed E-state index contributed by atoms with van der Waals surface area (Å²) in [5.41, 5.74) is 0.531. The highest BCUT2D eigenvalue weighted by molar-refractivity contribution is 4.91. The molecular formula is C11H23N. The molecule has 0 amide bonds. The van der Waals surface area contributed by atoms with E-state index in [1.165, 1.54) is 25.7 Å². The van der Waals surface area contributed by atoms with E-state index < -0.39 is 0 Å². The van der Waals surface area contributed by atoms with Gasteiger partial charge < -0.3 is 5.32 Å². The van der Waals surface area contributed by atoms with Crippen LogP contribution in [-0.2, 0) is 0 Å². The highest BCUT2D eigenvalue weighted by Crippen LogP contribution is 2.37. The van der Waals surface area contributed by atoms with Gasteiger partial charge in [-0.2, -0.15) is 0 Å². The molecule has 1 fully saturated rings. The van der Waals surface area contributed by atoms with Crippen LogP contribution in [0, 0.1) is 5.41 Å². The quantitative estimate of drug-likeness (QED) is 0.685. The van der Waals surface area contributed by atoms with Gasteiger partial charge in [0.15, 0.2) is 0 Å². The lowest BCUT2D eigenvalue weighted by Crippen LogP contribution is -2.42. The monoisotopic (exact) mass is 169 g/mol. The summed E-state index contributed by atoms with van der Waals surface area (Å²) in [4.78, 5) is 0. The fourth-order valence-corrected chi connectivity index (χ4v) is 2.10. The highest BCUT2D eigenvalue weighted by atomic mass is 15.0. The van der Waals surface area contributed by atoms with Crippen molar-refractivity contribution in [1.29, 1.82) is 0 Å². The van der Waals surface area contributed by atoms with Crippen LogP contribution in [0.5, 0.6) is 0 Å². The summed E-state index contributed by atoms with van der Waals surface area (Å²) in [5.74, 6) is 0. The predicted octanol–water partition coefficient (Wildman–Crippen LogP) is 2.95. The second kappa shape index (κ2) is 3.78. The number of rotatable bonds is 3. The maximum Gasteiger partial charge on any atom is 0.0121 e. The Morgan fingerprint density at radius 3 is 2.58 bits per heavy atom. The smallest absolute Gasteiger partial charge is 0.0121 e. The average molecular weight is 169 g/mol. The second-order valence-electron chi connectivity index (χ2n) is 4.91. The molecule has 0 aromatic heterocycles. The Labute approximate surface area is 76.9 Å². The van der Waals surface area contributed by atoms with Crippen molar-refractivity contribution in [2.75, 3.05) is 0 Å². The minimum Gasteiger partial charge on any atom is -0.311 e. The molecule has 12 heavy (non-hydrogen) atoms. The highest BCUT2D eigenvalue weighted by Gasteiger charge is 2.34. The summed E-state index contributed by atoms with van der Waals surface area (Å²) in [6.07, 6.45) is 5.41. The van der Waals surface area contributed by atoms with Gasteiger partial charge in [-0.05, 0) is 31.6 Å². The average Bonchev–Trinajstić information content (AvgIpc) is 2.31. The summed E-state index contributed by atoms with van der Waals surface area (Å²) in [6.45, 7) is 9.31. The molecule has 1 aliphatic carbocycles. The Bertz CT molecular complexity index is 140. The first-order chi connectivity index (χ1) is 5.56. The minimum atomic E-state index is 0.531. The van der Waals surface area contributed by atoms with Gasteiger partial charge in [-0.15, -0.1) is 0 Å². The summed E-state index contributed by atoms with van der Waals surface area (Å²) >= 11 is 0. The molecule has 0 radical (unpaired) electrons. The van der Waals surface area contributed by atoms with Crippen molar-refractivity contribution in [3.05, 3.63) is 0 Å². The molecule has 0 aromatic rings. The van der Waals surface area contributed by atoms with Gasteiger partial charge in [0.05, 0.1) is 0 Å². The normalized spacial score (nSPS) is 30.5. The first kappa shape index (κ1) is 10.0. The molecule has 0 aliphatic heterocycles. The molecule has 2 unspecified atom stereocenters. The van der Waals surface area contributed by atoms with Crippen molar-refractivity contribution in [3.8, 4) is 0 Å². The van der Waals surface area contributed by atoms with Crippen LogP contribution in [0.2, 0.25) is 0 Å². The molecular weight excluding hydrogens is 146 g/mol. The van der Waals surface area contributed by atoms with Gasteiger partial charge in [-0.3, -0.25) is 0 Å². The fourth-order valence-electron chi connectivity index (χ4n) is 2.10. The number of nitrogens with one attached hydrogen (secondary N) is 1. The van der Waals surface area contributed by atoms with E-state index in [0.717, 1.165) is 6.04 Å². The van der Waals surface area contributed by atoms with Gasteiger partial charge in [0.25, 0.3) is 0 Å². The van der Waals surface area contributed by atoms with Gasteiger partial charge >= 0.3 is 0 Å². The zero-order valence-corrected chi connectivity index (χ0v) is 8.98. The Balaban J connectivity index is 2.41. The lowest BCUT2D eigenvalue weighted by Gasteiger charge is -2.30. The van der Waals surface area contributed by atoms with Crippen LogP contribution in [0.1, 0.15) is 53.4 Å². The Morgan fingerprint density at radius 1 is 1.50 bits per heavy atom. The summed E-state index contributed by atoms with van der Waals surface area (Å²) in [7, 11) is 0. The van der Waals surface area contributed by atoms with E-state index >= 15 is 0 Å². The van der Waals surface area contributed by atoms with Crippen LogP contribution in [0.15, 0.2) is 0 Å². The van der Waals surface area contributed by atoms with Crippen LogP contribution in [0.3, 0.4) is 0 Å².